The molecule has 1 aliphatic heterocycles. The van der Waals surface area contributed by atoms with Gasteiger partial charge in [-0.3, -0.25) is 14.7 Å². The van der Waals surface area contributed by atoms with Crippen LogP contribution in [0, 0.1) is 0 Å². The van der Waals surface area contributed by atoms with Crippen molar-refractivity contribution < 1.29 is 4.79 Å². The molecule has 0 atom stereocenters. The minimum Gasteiger partial charge on any atom is -0.351 e. The predicted octanol–water partition coefficient (Wildman–Crippen LogP) is 1.91. The van der Waals surface area contributed by atoms with Crippen LogP contribution in [0.4, 0.5) is 0 Å². The number of benzene rings is 1. The van der Waals surface area contributed by atoms with E-state index in [1.807, 2.05) is 30.3 Å². The summed E-state index contributed by atoms with van der Waals surface area (Å²) in [5.74, 6) is -0.220. The number of amides is 1. The van der Waals surface area contributed by atoms with Crippen molar-refractivity contribution in [2.45, 2.75) is 19.3 Å². The number of piperidine rings is 1. The molecular weight excluding hydrogens is 342 g/mol. The molecule has 0 spiro atoms. The summed E-state index contributed by atoms with van der Waals surface area (Å²) in [6, 6.07) is 10.9. The number of likely N-dealkylation sites (tertiary alicyclic amines) is 1. The van der Waals surface area contributed by atoms with E-state index in [2.05, 4.69) is 20.3 Å². The average molecular weight is 365 g/mol. The zero-order chi connectivity index (χ0) is 18.6. The molecule has 0 aliphatic carbocycles. The summed E-state index contributed by atoms with van der Waals surface area (Å²) in [7, 11) is 0. The number of aromatic amines is 1. The molecule has 140 valence electrons. The molecule has 0 radical (unpaired) electrons. The Morgan fingerprint density at radius 1 is 1.15 bits per heavy atom. The minimum atomic E-state index is -0.244. The van der Waals surface area contributed by atoms with Gasteiger partial charge in [0.1, 0.15) is 5.56 Å². The SMILES string of the molecule is O=C(NCCN1CCCCC1)c1c[nH]n2c(=O)cc(-c3ccccc3)nc12. The number of nitrogens with zero attached hydrogens (tertiary/aromatic N) is 3. The van der Waals surface area contributed by atoms with Crippen molar-refractivity contribution >= 4 is 11.6 Å². The van der Waals surface area contributed by atoms with Crippen LogP contribution in [0.1, 0.15) is 29.6 Å². The Bertz CT molecular complexity index is 987. The van der Waals surface area contributed by atoms with Gasteiger partial charge in [-0.1, -0.05) is 36.8 Å². The third kappa shape index (κ3) is 3.78. The highest BCUT2D eigenvalue weighted by Crippen LogP contribution is 2.17. The van der Waals surface area contributed by atoms with Gasteiger partial charge in [-0.25, -0.2) is 9.50 Å². The van der Waals surface area contributed by atoms with Crippen LogP contribution in [0.25, 0.3) is 16.9 Å². The fraction of sp³-hybridized carbons (Fsp3) is 0.350. The first-order valence-corrected chi connectivity index (χ1v) is 9.39. The molecule has 1 amide bonds. The van der Waals surface area contributed by atoms with Crippen LogP contribution in [0.2, 0.25) is 0 Å². The fourth-order valence-corrected chi connectivity index (χ4v) is 3.51. The molecule has 0 unspecified atom stereocenters. The molecule has 1 fully saturated rings. The molecule has 1 aliphatic rings. The lowest BCUT2D eigenvalue weighted by atomic mass is 10.1. The molecule has 0 bridgehead atoms. The van der Waals surface area contributed by atoms with Gasteiger partial charge in [0.05, 0.1) is 5.69 Å². The maximum absolute atomic E-state index is 12.6. The van der Waals surface area contributed by atoms with Gasteiger partial charge in [0, 0.05) is 30.9 Å². The largest absolute Gasteiger partial charge is 0.351 e. The van der Waals surface area contributed by atoms with Gasteiger partial charge >= 0.3 is 0 Å². The maximum atomic E-state index is 12.6. The summed E-state index contributed by atoms with van der Waals surface area (Å²) in [5, 5.41) is 5.77. The Kier molecular flexibility index (Phi) is 5.02. The number of carbonyl (C=O) groups is 1. The predicted molar refractivity (Wildman–Crippen MR) is 104 cm³/mol. The number of hydrogen-bond donors (Lipinski definition) is 2. The van der Waals surface area contributed by atoms with Crippen molar-refractivity contribution in [3.05, 3.63) is 58.5 Å². The number of H-pyrrole nitrogens is 1. The molecule has 7 heteroatoms. The summed E-state index contributed by atoms with van der Waals surface area (Å²) < 4.78 is 1.30. The zero-order valence-corrected chi connectivity index (χ0v) is 15.1. The third-order valence-corrected chi connectivity index (χ3v) is 4.97. The molecule has 3 aromatic rings. The molecule has 3 heterocycles. The Morgan fingerprint density at radius 2 is 1.93 bits per heavy atom. The second kappa shape index (κ2) is 7.75. The van der Waals surface area contributed by atoms with E-state index < -0.39 is 0 Å². The van der Waals surface area contributed by atoms with Crippen LogP contribution in [-0.2, 0) is 0 Å². The first-order valence-electron chi connectivity index (χ1n) is 9.39. The molecule has 4 rings (SSSR count). The third-order valence-electron chi connectivity index (χ3n) is 4.97. The molecular formula is C20H23N5O2. The summed E-state index contributed by atoms with van der Waals surface area (Å²) in [4.78, 5) is 31.9. The number of hydrogen-bond acceptors (Lipinski definition) is 4. The van der Waals surface area contributed by atoms with Gasteiger partial charge in [0.2, 0.25) is 0 Å². The van der Waals surface area contributed by atoms with Crippen molar-refractivity contribution in [3.63, 3.8) is 0 Å². The number of rotatable bonds is 5. The summed E-state index contributed by atoms with van der Waals surface area (Å²) in [6.45, 7) is 3.62. The lowest BCUT2D eigenvalue weighted by molar-refractivity contribution is 0.0948. The van der Waals surface area contributed by atoms with Crippen LogP contribution >= 0.6 is 0 Å². The topological polar surface area (TPSA) is 82.5 Å². The molecule has 1 saturated heterocycles. The smallest absolute Gasteiger partial charge is 0.273 e. The summed E-state index contributed by atoms with van der Waals surface area (Å²) in [5.41, 5.74) is 1.88. The Morgan fingerprint density at radius 3 is 2.70 bits per heavy atom. The number of carbonyl (C=O) groups excluding carboxylic acids is 1. The molecule has 0 saturated carbocycles. The standard InChI is InChI=1S/C20H23N5O2/c26-18-13-17(15-7-3-1-4-8-15)23-19-16(14-22-25(18)19)20(27)21-9-12-24-10-5-2-6-11-24/h1,3-4,7-8,13-14,22H,2,5-6,9-12H2,(H,21,27). The van der Waals surface area contributed by atoms with Gasteiger partial charge in [0.25, 0.3) is 11.5 Å². The second-order valence-electron chi connectivity index (χ2n) is 6.85. The van der Waals surface area contributed by atoms with Crippen LogP contribution < -0.4 is 10.9 Å². The average Bonchev–Trinajstić information content (AvgIpc) is 3.14. The Hall–Kier alpha value is -2.93. The van der Waals surface area contributed by atoms with Gasteiger partial charge in [-0.15, -0.1) is 0 Å². The lowest BCUT2D eigenvalue weighted by Gasteiger charge is -2.26. The highest BCUT2D eigenvalue weighted by Gasteiger charge is 2.16. The van der Waals surface area contributed by atoms with E-state index in [4.69, 9.17) is 0 Å². The molecule has 7 nitrogen and oxygen atoms in total. The van der Waals surface area contributed by atoms with E-state index in [9.17, 15) is 9.59 Å². The monoisotopic (exact) mass is 365 g/mol. The highest BCUT2D eigenvalue weighted by molar-refractivity contribution is 5.99. The minimum absolute atomic E-state index is 0.220. The first kappa shape index (κ1) is 17.5. The van der Waals surface area contributed by atoms with Crippen LogP contribution in [-0.4, -0.2) is 51.6 Å². The lowest BCUT2D eigenvalue weighted by Crippen LogP contribution is -2.37. The zero-order valence-electron chi connectivity index (χ0n) is 15.1. The normalized spacial score (nSPS) is 15.1. The number of fused-ring (bicyclic) bond motifs is 1. The van der Waals surface area contributed by atoms with Gasteiger partial charge < -0.3 is 10.2 Å². The second-order valence-corrected chi connectivity index (χ2v) is 6.85. The quantitative estimate of drug-likeness (QED) is 0.724. The van der Waals surface area contributed by atoms with E-state index in [0.29, 0.717) is 23.4 Å². The Labute approximate surface area is 157 Å². The van der Waals surface area contributed by atoms with Crippen molar-refractivity contribution in [1.82, 2.24) is 24.8 Å². The Balaban J connectivity index is 1.53. The van der Waals surface area contributed by atoms with Crippen molar-refractivity contribution in [1.29, 1.82) is 0 Å². The highest BCUT2D eigenvalue weighted by atomic mass is 16.2. The summed E-state index contributed by atoms with van der Waals surface area (Å²) >= 11 is 0. The molecule has 1 aromatic carbocycles. The molecule has 27 heavy (non-hydrogen) atoms. The van der Waals surface area contributed by atoms with Crippen molar-refractivity contribution in [2.24, 2.45) is 0 Å². The fourth-order valence-electron chi connectivity index (χ4n) is 3.51. The molecule has 2 aromatic heterocycles. The van der Waals surface area contributed by atoms with E-state index in [0.717, 1.165) is 25.2 Å². The number of nitrogens with one attached hydrogen (secondary N) is 2. The maximum Gasteiger partial charge on any atom is 0.273 e. The molecule has 2 N–H and O–H groups in total. The van der Waals surface area contributed by atoms with Crippen LogP contribution in [0.15, 0.2) is 47.4 Å². The number of aromatic nitrogens is 3. The van der Waals surface area contributed by atoms with E-state index in [-0.39, 0.29) is 11.5 Å². The van der Waals surface area contributed by atoms with E-state index in [1.165, 1.54) is 36.0 Å². The van der Waals surface area contributed by atoms with E-state index >= 15 is 0 Å². The van der Waals surface area contributed by atoms with Crippen LogP contribution in [0.3, 0.4) is 0 Å². The van der Waals surface area contributed by atoms with Crippen LogP contribution in [0.5, 0.6) is 0 Å². The van der Waals surface area contributed by atoms with Gasteiger partial charge in [-0.05, 0) is 25.9 Å². The van der Waals surface area contributed by atoms with E-state index in [1.54, 1.807) is 0 Å². The van der Waals surface area contributed by atoms with Crippen molar-refractivity contribution in [3.8, 4) is 11.3 Å². The van der Waals surface area contributed by atoms with Gasteiger partial charge in [0.15, 0.2) is 5.65 Å². The van der Waals surface area contributed by atoms with Crippen molar-refractivity contribution in [2.75, 3.05) is 26.2 Å². The summed E-state index contributed by atoms with van der Waals surface area (Å²) in [6.07, 6.45) is 5.29. The van der Waals surface area contributed by atoms with Gasteiger partial charge in [-0.2, -0.15) is 0 Å². The first-order chi connectivity index (χ1) is 13.2.